The summed E-state index contributed by atoms with van der Waals surface area (Å²) in [7, 11) is 0. The number of hydrogen-bond acceptors (Lipinski definition) is 2. The Morgan fingerprint density at radius 2 is 1.25 bits per heavy atom. The van der Waals surface area contributed by atoms with Gasteiger partial charge in [-0.15, -0.1) is 0 Å². The van der Waals surface area contributed by atoms with Crippen LogP contribution in [0.2, 0.25) is 0 Å². The summed E-state index contributed by atoms with van der Waals surface area (Å²) >= 11 is 12.2. The third kappa shape index (κ3) is 2.77. The first kappa shape index (κ1) is 11.9. The Morgan fingerprint density at radius 1 is 0.875 bits per heavy atom. The van der Waals surface area contributed by atoms with E-state index in [1.807, 2.05) is 24.3 Å². The van der Waals surface area contributed by atoms with Crippen molar-refractivity contribution in [3.05, 3.63) is 47.6 Å². The molecule has 0 spiro atoms. The number of hydrogen-bond donors (Lipinski definition) is 2. The van der Waals surface area contributed by atoms with E-state index in [0.29, 0.717) is 12.8 Å². The van der Waals surface area contributed by atoms with Crippen molar-refractivity contribution in [3.63, 3.8) is 0 Å². The third-order valence-electron chi connectivity index (χ3n) is 2.68. The fraction of sp³-hybridized carbons (Fsp3) is 0.333. The molecule has 0 unspecified atom stereocenters. The summed E-state index contributed by atoms with van der Waals surface area (Å²) in [5.41, 5.74) is 13.9. The van der Waals surface area contributed by atoms with Gasteiger partial charge >= 0.3 is 0 Å². The van der Waals surface area contributed by atoms with E-state index in [4.69, 9.17) is 34.7 Å². The Balaban J connectivity index is 2.22. The second-order valence-corrected chi connectivity index (χ2v) is 5.72. The van der Waals surface area contributed by atoms with Crippen molar-refractivity contribution in [2.75, 3.05) is 0 Å². The zero-order valence-electron chi connectivity index (χ0n) is 8.79. The van der Waals surface area contributed by atoms with E-state index < -0.39 is 10.00 Å². The van der Waals surface area contributed by atoms with Crippen LogP contribution in [-0.4, -0.2) is 10.00 Å². The monoisotopic (exact) mass is 256 g/mol. The molecule has 16 heavy (non-hydrogen) atoms. The van der Waals surface area contributed by atoms with Crippen molar-refractivity contribution < 1.29 is 0 Å². The van der Waals surface area contributed by atoms with Crippen LogP contribution >= 0.6 is 23.2 Å². The lowest BCUT2D eigenvalue weighted by Gasteiger charge is -2.28. The standard InChI is InChI=1S/C12H14Cl2N2/c13-11(15)5-1-3-9(7-11)10-4-2-6-12(14,16)8-10/h1-6H,7-8,15-16H2/t11-,12-/m0/s1. The Labute approximate surface area is 105 Å². The molecule has 0 saturated heterocycles. The van der Waals surface area contributed by atoms with Crippen molar-refractivity contribution in [1.29, 1.82) is 0 Å². The number of alkyl halides is 2. The molecule has 0 heterocycles. The smallest absolute Gasteiger partial charge is 0.114 e. The molecule has 0 fully saturated rings. The molecule has 0 aliphatic heterocycles. The molecule has 2 atom stereocenters. The zero-order valence-corrected chi connectivity index (χ0v) is 10.3. The molecule has 2 nitrogen and oxygen atoms in total. The summed E-state index contributed by atoms with van der Waals surface area (Å²) in [5, 5.41) is 0. The molecular formula is C12H14Cl2N2. The van der Waals surface area contributed by atoms with Gasteiger partial charge in [0.25, 0.3) is 0 Å². The first-order valence-electron chi connectivity index (χ1n) is 5.11. The van der Waals surface area contributed by atoms with E-state index in [1.165, 1.54) is 0 Å². The lowest BCUT2D eigenvalue weighted by molar-refractivity contribution is 0.678. The molecule has 0 aromatic heterocycles. The summed E-state index contributed by atoms with van der Waals surface area (Å²) in [6.07, 6.45) is 12.5. The molecule has 0 bridgehead atoms. The topological polar surface area (TPSA) is 52.0 Å². The van der Waals surface area contributed by atoms with Crippen LogP contribution < -0.4 is 11.5 Å². The molecule has 0 aromatic rings. The average Bonchev–Trinajstić information content (AvgIpc) is 2.14. The molecule has 4 N–H and O–H groups in total. The van der Waals surface area contributed by atoms with Crippen LogP contribution in [0.4, 0.5) is 0 Å². The van der Waals surface area contributed by atoms with Crippen molar-refractivity contribution in [2.45, 2.75) is 22.8 Å². The molecule has 0 radical (unpaired) electrons. The van der Waals surface area contributed by atoms with Crippen molar-refractivity contribution in [3.8, 4) is 0 Å². The predicted octanol–water partition coefficient (Wildman–Crippen LogP) is 2.55. The van der Waals surface area contributed by atoms with Crippen LogP contribution in [0.1, 0.15) is 12.8 Å². The van der Waals surface area contributed by atoms with Crippen LogP contribution in [0.25, 0.3) is 0 Å². The van der Waals surface area contributed by atoms with Crippen molar-refractivity contribution >= 4 is 23.2 Å². The maximum Gasteiger partial charge on any atom is 0.114 e. The number of halogens is 2. The molecule has 2 aliphatic rings. The minimum absolute atomic E-state index is 0.595. The Bertz CT molecular complexity index is 375. The van der Waals surface area contributed by atoms with E-state index >= 15 is 0 Å². The highest BCUT2D eigenvalue weighted by Gasteiger charge is 2.28. The lowest BCUT2D eigenvalue weighted by Crippen LogP contribution is -2.35. The van der Waals surface area contributed by atoms with Gasteiger partial charge in [0.2, 0.25) is 0 Å². The maximum atomic E-state index is 6.10. The van der Waals surface area contributed by atoms with Gasteiger partial charge in [-0.3, -0.25) is 0 Å². The fourth-order valence-electron chi connectivity index (χ4n) is 1.91. The quantitative estimate of drug-likeness (QED) is 0.560. The first-order valence-corrected chi connectivity index (χ1v) is 5.86. The van der Waals surface area contributed by atoms with Crippen LogP contribution in [0.15, 0.2) is 47.6 Å². The van der Waals surface area contributed by atoms with Crippen LogP contribution in [-0.2, 0) is 0 Å². The largest absolute Gasteiger partial charge is 0.309 e. The van der Waals surface area contributed by atoms with Crippen molar-refractivity contribution in [2.24, 2.45) is 11.5 Å². The normalized spacial score (nSPS) is 38.2. The maximum absolute atomic E-state index is 6.10. The van der Waals surface area contributed by atoms with E-state index in [0.717, 1.165) is 11.1 Å². The van der Waals surface area contributed by atoms with E-state index in [-0.39, 0.29) is 0 Å². The van der Waals surface area contributed by atoms with Gasteiger partial charge in [0.15, 0.2) is 0 Å². The van der Waals surface area contributed by atoms with Crippen molar-refractivity contribution in [1.82, 2.24) is 0 Å². The molecule has 0 aromatic carbocycles. The number of rotatable bonds is 1. The predicted molar refractivity (Wildman–Crippen MR) is 69.2 cm³/mol. The highest BCUT2D eigenvalue weighted by atomic mass is 35.5. The Hall–Kier alpha value is -0.540. The Kier molecular flexibility index (Phi) is 3.01. The van der Waals surface area contributed by atoms with Gasteiger partial charge in [0, 0.05) is 12.8 Å². The summed E-state index contributed by atoms with van der Waals surface area (Å²) < 4.78 is 0. The minimum atomic E-state index is -0.796. The summed E-state index contributed by atoms with van der Waals surface area (Å²) in [4.78, 5) is -1.59. The number of nitrogens with two attached hydrogens (primary N) is 2. The Morgan fingerprint density at radius 3 is 1.56 bits per heavy atom. The third-order valence-corrected chi connectivity index (χ3v) is 3.20. The summed E-state index contributed by atoms with van der Waals surface area (Å²) in [6.45, 7) is 0. The summed E-state index contributed by atoms with van der Waals surface area (Å²) in [6, 6.07) is 0. The molecule has 0 saturated carbocycles. The average molecular weight is 257 g/mol. The molecular weight excluding hydrogens is 243 g/mol. The van der Waals surface area contributed by atoms with Gasteiger partial charge in [-0.2, -0.15) is 0 Å². The van der Waals surface area contributed by atoms with Crippen LogP contribution in [0, 0.1) is 0 Å². The SMILES string of the molecule is N[C@@]1(Cl)C=CC=C(C2=CC=C[C@@](N)(Cl)C2)C1. The van der Waals surface area contributed by atoms with E-state index in [1.54, 1.807) is 12.2 Å². The molecule has 2 rings (SSSR count). The first-order chi connectivity index (χ1) is 7.38. The number of allylic oxidation sites excluding steroid dienone is 4. The minimum Gasteiger partial charge on any atom is -0.309 e. The highest BCUT2D eigenvalue weighted by molar-refractivity contribution is 6.25. The van der Waals surface area contributed by atoms with E-state index in [2.05, 4.69) is 0 Å². The van der Waals surface area contributed by atoms with Gasteiger partial charge in [-0.1, -0.05) is 47.5 Å². The molecule has 4 heteroatoms. The molecule has 0 amide bonds. The van der Waals surface area contributed by atoms with Gasteiger partial charge < -0.3 is 11.5 Å². The fourth-order valence-corrected chi connectivity index (χ4v) is 2.34. The highest BCUT2D eigenvalue weighted by Crippen LogP contribution is 2.35. The van der Waals surface area contributed by atoms with Gasteiger partial charge in [0.1, 0.15) is 10.00 Å². The van der Waals surface area contributed by atoms with Gasteiger partial charge in [0.05, 0.1) is 0 Å². The van der Waals surface area contributed by atoms with Crippen LogP contribution in [0.5, 0.6) is 0 Å². The van der Waals surface area contributed by atoms with Gasteiger partial charge in [-0.25, -0.2) is 0 Å². The zero-order chi connectivity index (χ0) is 11.8. The van der Waals surface area contributed by atoms with Crippen LogP contribution in [0.3, 0.4) is 0 Å². The second-order valence-electron chi connectivity index (χ2n) is 4.31. The lowest BCUT2D eigenvalue weighted by atomic mass is 9.88. The van der Waals surface area contributed by atoms with Gasteiger partial charge in [-0.05, 0) is 23.3 Å². The molecule has 2 aliphatic carbocycles. The second kappa shape index (κ2) is 4.04. The molecule has 86 valence electrons. The van der Waals surface area contributed by atoms with E-state index in [9.17, 15) is 0 Å². The summed E-state index contributed by atoms with van der Waals surface area (Å²) in [5.74, 6) is 0.